The Balaban J connectivity index is 1.81. The second-order valence-electron chi connectivity index (χ2n) is 4.19. The summed E-state index contributed by atoms with van der Waals surface area (Å²) in [6.45, 7) is 4.04. The first-order valence-electron chi connectivity index (χ1n) is 5.81. The highest BCUT2D eigenvalue weighted by Crippen LogP contribution is 2.15. The second-order valence-corrected chi connectivity index (χ2v) is 4.19. The molecule has 1 aliphatic rings. The van der Waals surface area contributed by atoms with Gasteiger partial charge in [-0.15, -0.1) is 0 Å². The number of nitrogens with two attached hydrogens (primary N) is 1. The van der Waals surface area contributed by atoms with Crippen molar-refractivity contribution in [3.63, 3.8) is 0 Å². The monoisotopic (exact) mass is 208 g/mol. The van der Waals surface area contributed by atoms with Crippen molar-refractivity contribution in [1.29, 1.82) is 0 Å². The fourth-order valence-corrected chi connectivity index (χ4v) is 2.28. The molecule has 1 aromatic heterocycles. The van der Waals surface area contributed by atoms with E-state index in [1.54, 1.807) is 0 Å². The first-order valence-corrected chi connectivity index (χ1v) is 5.81. The van der Waals surface area contributed by atoms with Crippen molar-refractivity contribution < 1.29 is 0 Å². The summed E-state index contributed by atoms with van der Waals surface area (Å²) in [5.41, 5.74) is 5.78. The van der Waals surface area contributed by atoms with Crippen LogP contribution < -0.4 is 5.73 Å². The Kier molecular flexibility index (Phi) is 3.75. The molecule has 0 aliphatic carbocycles. The van der Waals surface area contributed by atoms with Gasteiger partial charge in [0.2, 0.25) is 0 Å². The third kappa shape index (κ3) is 2.79. The SMILES string of the molecule is NCC1CCCCN1CCn1cccn1. The van der Waals surface area contributed by atoms with Crippen LogP contribution in [0.15, 0.2) is 18.5 Å². The lowest BCUT2D eigenvalue weighted by molar-refractivity contribution is 0.146. The van der Waals surface area contributed by atoms with Gasteiger partial charge in [0, 0.05) is 31.5 Å². The van der Waals surface area contributed by atoms with E-state index in [1.807, 2.05) is 23.1 Å². The summed E-state index contributed by atoms with van der Waals surface area (Å²) in [4.78, 5) is 2.51. The van der Waals surface area contributed by atoms with Gasteiger partial charge in [0.05, 0.1) is 6.54 Å². The zero-order chi connectivity index (χ0) is 10.5. The quantitative estimate of drug-likeness (QED) is 0.792. The molecule has 0 radical (unpaired) electrons. The standard InChI is InChI=1S/C11H20N4/c12-10-11-4-1-2-6-14(11)8-9-15-7-3-5-13-15/h3,5,7,11H,1-2,4,6,8-10,12H2. The van der Waals surface area contributed by atoms with Crippen LogP contribution in [-0.2, 0) is 6.54 Å². The zero-order valence-electron chi connectivity index (χ0n) is 9.18. The maximum absolute atomic E-state index is 5.78. The molecule has 0 spiro atoms. The molecule has 1 aromatic rings. The molecule has 4 heteroatoms. The highest BCUT2D eigenvalue weighted by Gasteiger charge is 2.20. The van der Waals surface area contributed by atoms with Gasteiger partial charge in [-0.3, -0.25) is 9.58 Å². The van der Waals surface area contributed by atoms with Gasteiger partial charge >= 0.3 is 0 Å². The van der Waals surface area contributed by atoms with Crippen molar-refractivity contribution >= 4 is 0 Å². The summed E-state index contributed by atoms with van der Waals surface area (Å²) in [6, 6.07) is 2.56. The number of aromatic nitrogens is 2. The van der Waals surface area contributed by atoms with Crippen molar-refractivity contribution in [2.45, 2.75) is 31.8 Å². The van der Waals surface area contributed by atoms with E-state index >= 15 is 0 Å². The van der Waals surface area contributed by atoms with Crippen LogP contribution in [0.3, 0.4) is 0 Å². The molecule has 2 rings (SSSR count). The number of hydrogen-bond acceptors (Lipinski definition) is 3. The van der Waals surface area contributed by atoms with Crippen LogP contribution in [0, 0.1) is 0 Å². The molecule has 0 bridgehead atoms. The van der Waals surface area contributed by atoms with E-state index < -0.39 is 0 Å². The Morgan fingerprint density at radius 1 is 1.33 bits per heavy atom. The molecular formula is C11H20N4. The second kappa shape index (κ2) is 5.28. The summed E-state index contributed by atoms with van der Waals surface area (Å²) in [5.74, 6) is 0. The van der Waals surface area contributed by atoms with Crippen molar-refractivity contribution in [2.75, 3.05) is 19.6 Å². The predicted octanol–water partition coefficient (Wildman–Crippen LogP) is 0.696. The fraction of sp³-hybridized carbons (Fsp3) is 0.727. The Hall–Kier alpha value is -0.870. The summed E-state index contributed by atoms with van der Waals surface area (Å²) in [7, 11) is 0. The largest absolute Gasteiger partial charge is 0.329 e. The van der Waals surface area contributed by atoms with Crippen molar-refractivity contribution in [1.82, 2.24) is 14.7 Å². The molecular weight excluding hydrogens is 188 g/mol. The molecule has 1 fully saturated rings. The van der Waals surface area contributed by atoms with Crippen LogP contribution in [0.4, 0.5) is 0 Å². The summed E-state index contributed by atoms with van der Waals surface area (Å²) in [6.07, 6.45) is 7.75. The summed E-state index contributed by atoms with van der Waals surface area (Å²) >= 11 is 0. The lowest BCUT2D eigenvalue weighted by Crippen LogP contribution is -2.45. The maximum atomic E-state index is 5.78. The highest BCUT2D eigenvalue weighted by molar-refractivity contribution is 4.80. The van der Waals surface area contributed by atoms with Gasteiger partial charge < -0.3 is 5.73 Å². The molecule has 1 saturated heterocycles. The maximum Gasteiger partial charge on any atom is 0.0536 e. The van der Waals surface area contributed by atoms with Crippen molar-refractivity contribution in [3.8, 4) is 0 Å². The Morgan fingerprint density at radius 3 is 3.00 bits per heavy atom. The van der Waals surface area contributed by atoms with Crippen LogP contribution >= 0.6 is 0 Å². The molecule has 1 atom stereocenters. The minimum Gasteiger partial charge on any atom is -0.329 e. The van der Waals surface area contributed by atoms with Crippen LogP contribution in [0.25, 0.3) is 0 Å². The molecule has 2 heterocycles. The predicted molar refractivity (Wildman–Crippen MR) is 60.5 cm³/mol. The number of likely N-dealkylation sites (tertiary alicyclic amines) is 1. The topological polar surface area (TPSA) is 47.1 Å². The summed E-state index contributed by atoms with van der Waals surface area (Å²) in [5, 5.41) is 4.21. The minimum absolute atomic E-state index is 0.592. The third-order valence-electron chi connectivity index (χ3n) is 3.20. The number of hydrogen-bond donors (Lipinski definition) is 1. The van der Waals surface area contributed by atoms with Gasteiger partial charge in [0.25, 0.3) is 0 Å². The van der Waals surface area contributed by atoms with Crippen LogP contribution in [0.2, 0.25) is 0 Å². The fourth-order valence-electron chi connectivity index (χ4n) is 2.28. The van der Waals surface area contributed by atoms with E-state index in [0.29, 0.717) is 6.04 Å². The molecule has 4 nitrogen and oxygen atoms in total. The zero-order valence-corrected chi connectivity index (χ0v) is 9.18. The molecule has 1 unspecified atom stereocenters. The van der Waals surface area contributed by atoms with Gasteiger partial charge in [-0.25, -0.2) is 0 Å². The molecule has 0 amide bonds. The average Bonchev–Trinajstić information content (AvgIpc) is 2.79. The lowest BCUT2D eigenvalue weighted by atomic mass is 10.0. The Morgan fingerprint density at radius 2 is 2.27 bits per heavy atom. The van der Waals surface area contributed by atoms with E-state index in [9.17, 15) is 0 Å². The van der Waals surface area contributed by atoms with Gasteiger partial charge in [0.15, 0.2) is 0 Å². The Labute approximate surface area is 91.1 Å². The Bertz CT molecular complexity index is 270. The van der Waals surface area contributed by atoms with E-state index in [1.165, 1.54) is 25.8 Å². The minimum atomic E-state index is 0.592. The molecule has 84 valence electrons. The number of piperidine rings is 1. The van der Waals surface area contributed by atoms with Gasteiger partial charge in [-0.1, -0.05) is 6.42 Å². The molecule has 0 aromatic carbocycles. The lowest BCUT2D eigenvalue weighted by Gasteiger charge is -2.34. The van der Waals surface area contributed by atoms with Gasteiger partial charge in [-0.05, 0) is 25.5 Å². The smallest absolute Gasteiger partial charge is 0.0536 e. The molecule has 15 heavy (non-hydrogen) atoms. The summed E-state index contributed by atoms with van der Waals surface area (Å²) < 4.78 is 1.99. The first-order chi connectivity index (χ1) is 7.40. The normalized spacial score (nSPS) is 23.1. The van der Waals surface area contributed by atoms with E-state index in [-0.39, 0.29) is 0 Å². The highest BCUT2D eigenvalue weighted by atomic mass is 15.3. The van der Waals surface area contributed by atoms with Crippen molar-refractivity contribution in [3.05, 3.63) is 18.5 Å². The first kappa shape index (κ1) is 10.6. The van der Waals surface area contributed by atoms with Crippen LogP contribution in [0.1, 0.15) is 19.3 Å². The van der Waals surface area contributed by atoms with Gasteiger partial charge in [-0.2, -0.15) is 5.10 Å². The van der Waals surface area contributed by atoms with Crippen LogP contribution in [0.5, 0.6) is 0 Å². The number of rotatable bonds is 4. The van der Waals surface area contributed by atoms with E-state index in [4.69, 9.17) is 5.73 Å². The van der Waals surface area contributed by atoms with E-state index in [0.717, 1.165) is 19.6 Å². The third-order valence-corrected chi connectivity index (χ3v) is 3.20. The van der Waals surface area contributed by atoms with E-state index in [2.05, 4.69) is 10.00 Å². The van der Waals surface area contributed by atoms with Crippen LogP contribution in [-0.4, -0.2) is 40.4 Å². The molecule has 0 saturated carbocycles. The number of nitrogens with zero attached hydrogens (tertiary/aromatic N) is 3. The van der Waals surface area contributed by atoms with Crippen molar-refractivity contribution in [2.24, 2.45) is 5.73 Å². The molecule has 2 N–H and O–H groups in total. The van der Waals surface area contributed by atoms with Gasteiger partial charge in [0.1, 0.15) is 0 Å². The molecule has 1 aliphatic heterocycles. The average molecular weight is 208 g/mol.